The fourth-order valence-corrected chi connectivity index (χ4v) is 1.97. The maximum atomic E-state index is 13.5. The second-order valence-electron chi connectivity index (χ2n) is 3.29. The van der Waals surface area contributed by atoms with Crippen LogP contribution in [0.5, 0.6) is 5.75 Å². The van der Waals surface area contributed by atoms with Crippen LogP contribution < -0.4 is 0 Å². The Bertz CT molecular complexity index is 500. The van der Waals surface area contributed by atoms with Gasteiger partial charge in [0, 0.05) is 4.47 Å². The second-order valence-corrected chi connectivity index (χ2v) is 4.21. The Kier molecular flexibility index (Phi) is 2.92. The van der Waals surface area contributed by atoms with Gasteiger partial charge in [-0.1, -0.05) is 22.0 Å². The predicted molar refractivity (Wildman–Crippen MR) is 61.2 cm³/mol. The van der Waals surface area contributed by atoms with E-state index in [9.17, 15) is 13.9 Å². The lowest BCUT2D eigenvalue weighted by Gasteiger charge is -2.06. The largest absolute Gasteiger partial charge is 0.508 e. The molecule has 0 aromatic heterocycles. The average molecular weight is 285 g/mol. The van der Waals surface area contributed by atoms with Crippen molar-refractivity contribution in [2.24, 2.45) is 0 Å². The molecule has 0 aliphatic rings. The molecule has 82 valence electrons. The Hall–Kier alpha value is -1.42. The molecule has 2 rings (SSSR count). The van der Waals surface area contributed by atoms with Gasteiger partial charge in [0.1, 0.15) is 17.4 Å². The van der Waals surface area contributed by atoms with Crippen LogP contribution in [0.15, 0.2) is 40.9 Å². The number of hydrogen-bond acceptors (Lipinski definition) is 1. The van der Waals surface area contributed by atoms with E-state index in [0.717, 1.165) is 0 Å². The molecule has 0 bridgehead atoms. The van der Waals surface area contributed by atoms with Crippen LogP contribution in [0.4, 0.5) is 8.78 Å². The van der Waals surface area contributed by atoms with E-state index in [0.29, 0.717) is 10.0 Å². The summed E-state index contributed by atoms with van der Waals surface area (Å²) in [7, 11) is 0. The molecule has 0 saturated heterocycles. The van der Waals surface area contributed by atoms with Crippen molar-refractivity contribution in [3.8, 4) is 16.9 Å². The molecule has 0 saturated carbocycles. The lowest BCUT2D eigenvalue weighted by molar-refractivity contribution is 0.475. The van der Waals surface area contributed by atoms with Crippen molar-refractivity contribution in [1.29, 1.82) is 0 Å². The SMILES string of the molecule is Oc1cc(Br)cc(-c2c(F)cccc2F)c1. The highest BCUT2D eigenvalue weighted by molar-refractivity contribution is 9.10. The van der Waals surface area contributed by atoms with Crippen LogP contribution in [-0.2, 0) is 0 Å². The average Bonchev–Trinajstić information content (AvgIpc) is 2.15. The molecule has 2 aromatic rings. The van der Waals surface area contributed by atoms with E-state index >= 15 is 0 Å². The fourth-order valence-electron chi connectivity index (χ4n) is 1.49. The number of aromatic hydroxyl groups is 1. The first kappa shape index (κ1) is 11.1. The van der Waals surface area contributed by atoms with E-state index in [-0.39, 0.29) is 11.3 Å². The molecule has 0 heterocycles. The van der Waals surface area contributed by atoms with Crippen LogP contribution in [0.3, 0.4) is 0 Å². The molecule has 0 radical (unpaired) electrons. The van der Waals surface area contributed by atoms with Gasteiger partial charge in [-0.15, -0.1) is 0 Å². The fraction of sp³-hybridized carbons (Fsp3) is 0. The maximum absolute atomic E-state index is 13.5. The van der Waals surface area contributed by atoms with Gasteiger partial charge in [-0.3, -0.25) is 0 Å². The standard InChI is InChI=1S/C12H7BrF2O/c13-8-4-7(5-9(16)6-8)12-10(14)2-1-3-11(12)15/h1-6,16H. The maximum Gasteiger partial charge on any atom is 0.133 e. The minimum absolute atomic E-state index is 0.0490. The van der Waals surface area contributed by atoms with Gasteiger partial charge >= 0.3 is 0 Å². The van der Waals surface area contributed by atoms with Crippen molar-refractivity contribution in [3.05, 3.63) is 52.5 Å². The Labute approximate surface area is 99.5 Å². The lowest BCUT2D eigenvalue weighted by Crippen LogP contribution is -1.89. The Balaban J connectivity index is 2.67. The van der Waals surface area contributed by atoms with Crippen molar-refractivity contribution in [2.75, 3.05) is 0 Å². The van der Waals surface area contributed by atoms with E-state index in [1.807, 2.05) is 0 Å². The molecule has 16 heavy (non-hydrogen) atoms. The van der Waals surface area contributed by atoms with Crippen molar-refractivity contribution in [3.63, 3.8) is 0 Å². The molecular formula is C12H7BrF2O. The highest BCUT2D eigenvalue weighted by Gasteiger charge is 2.11. The Morgan fingerprint density at radius 1 is 1.00 bits per heavy atom. The number of phenolic OH excluding ortho intramolecular Hbond substituents is 1. The zero-order chi connectivity index (χ0) is 11.7. The molecule has 0 atom stereocenters. The van der Waals surface area contributed by atoms with E-state index in [4.69, 9.17) is 0 Å². The molecule has 4 heteroatoms. The summed E-state index contributed by atoms with van der Waals surface area (Å²) in [6, 6.07) is 7.95. The van der Waals surface area contributed by atoms with Crippen LogP contribution in [0, 0.1) is 11.6 Å². The number of phenols is 1. The second kappa shape index (κ2) is 4.22. The summed E-state index contributed by atoms with van der Waals surface area (Å²) < 4.78 is 27.5. The molecule has 0 aliphatic heterocycles. The van der Waals surface area contributed by atoms with Crippen LogP contribution in [0.25, 0.3) is 11.1 Å². The zero-order valence-electron chi connectivity index (χ0n) is 8.05. The monoisotopic (exact) mass is 284 g/mol. The van der Waals surface area contributed by atoms with Gasteiger partial charge in [0.15, 0.2) is 0 Å². The molecule has 0 unspecified atom stereocenters. The number of benzene rings is 2. The Morgan fingerprint density at radius 2 is 1.62 bits per heavy atom. The summed E-state index contributed by atoms with van der Waals surface area (Å²) in [6.45, 7) is 0. The minimum Gasteiger partial charge on any atom is -0.508 e. The molecule has 0 spiro atoms. The third-order valence-electron chi connectivity index (χ3n) is 2.13. The topological polar surface area (TPSA) is 20.2 Å². The molecule has 2 aromatic carbocycles. The summed E-state index contributed by atoms with van der Waals surface area (Å²) in [6.07, 6.45) is 0. The third-order valence-corrected chi connectivity index (χ3v) is 2.59. The summed E-state index contributed by atoms with van der Waals surface area (Å²) >= 11 is 3.15. The quantitative estimate of drug-likeness (QED) is 0.836. The van der Waals surface area contributed by atoms with Crippen LogP contribution in [-0.4, -0.2) is 5.11 Å². The molecule has 0 amide bonds. The zero-order valence-corrected chi connectivity index (χ0v) is 9.63. The van der Waals surface area contributed by atoms with Gasteiger partial charge in [-0.25, -0.2) is 8.78 Å². The summed E-state index contributed by atoms with van der Waals surface area (Å²) in [4.78, 5) is 0. The summed E-state index contributed by atoms with van der Waals surface area (Å²) in [5.74, 6) is -1.36. The van der Waals surface area contributed by atoms with Crippen molar-refractivity contribution >= 4 is 15.9 Å². The first-order chi connectivity index (χ1) is 7.58. The summed E-state index contributed by atoms with van der Waals surface area (Å²) in [5, 5.41) is 9.36. The highest BCUT2D eigenvalue weighted by Crippen LogP contribution is 2.31. The van der Waals surface area contributed by atoms with Crippen LogP contribution in [0.2, 0.25) is 0 Å². The van der Waals surface area contributed by atoms with E-state index in [1.165, 1.54) is 30.3 Å². The number of halogens is 3. The molecule has 0 aliphatic carbocycles. The number of hydrogen-bond donors (Lipinski definition) is 1. The first-order valence-electron chi connectivity index (χ1n) is 4.52. The van der Waals surface area contributed by atoms with Crippen LogP contribution >= 0.6 is 15.9 Å². The normalized spacial score (nSPS) is 10.4. The van der Waals surface area contributed by atoms with Gasteiger partial charge in [0.25, 0.3) is 0 Å². The van der Waals surface area contributed by atoms with E-state index in [1.54, 1.807) is 6.07 Å². The van der Waals surface area contributed by atoms with Gasteiger partial charge in [-0.2, -0.15) is 0 Å². The molecule has 1 nitrogen and oxygen atoms in total. The van der Waals surface area contributed by atoms with Gasteiger partial charge in [0.2, 0.25) is 0 Å². The van der Waals surface area contributed by atoms with E-state index in [2.05, 4.69) is 15.9 Å². The highest BCUT2D eigenvalue weighted by atomic mass is 79.9. The molecular weight excluding hydrogens is 278 g/mol. The van der Waals surface area contributed by atoms with Gasteiger partial charge in [0.05, 0.1) is 5.56 Å². The van der Waals surface area contributed by atoms with Gasteiger partial charge in [-0.05, 0) is 35.9 Å². The first-order valence-corrected chi connectivity index (χ1v) is 5.31. The molecule has 1 N–H and O–H groups in total. The third kappa shape index (κ3) is 2.07. The smallest absolute Gasteiger partial charge is 0.133 e. The number of rotatable bonds is 1. The van der Waals surface area contributed by atoms with Crippen molar-refractivity contribution in [1.82, 2.24) is 0 Å². The van der Waals surface area contributed by atoms with Gasteiger partial charge < -0.3 is 5.11 Å². The molecule has 0 fully saturated rings. The van der Waals surface area contributed by atoms with Crippen molar-refractivity contribution in [2.45, 2.75) is 0 Å². The van der Waals surface area contributed by atoms with E-state index < -0.39 is 11.6 Å². The summed E-state index contributed by atoms with van der Waals surface area (Å²) in [5.41, 5.74) is 0.154. The predicted octanol–water partition coefficient (Wildman–Crippen LogP) is 4.10. The van der Waals surface area contributed by atoms with Crippen molar-refractivity contribution < 1.29 is 13.9 Å². The Morgan fingerprint density at radius 3 is 2.19 bits per heavy atom. The minimum atomic E-state index is -0.655. The lowest BCUT2D eigenvalue weighted by atomic mass is 10.0. The van der Waals surface area contributed by atoms with Crippen LogP contribution in [0.1, 0.15) is 0 Å².